The van der Waals surface area contributed by atoms with Crippen molar-refractivity contribution in [3.8, 4) is 5.69 Å². The van der Waals surface area contributed by atoms with Crippen molar-refractivity contribution in [2.45, 2.75) is 51.3 Å². The van der Waals surface area contributed by atoms with Gasteiger partial charge in [-0.15, -0.1) is 0 Å². The molecule has 0 N–H and O–H groups in total. The number of carbonyl (C=O) groups is 1. The number of carbonyl (C=O) groups excluding carboxylic acids is 1. The van der Waals surface area contributed by atoms with Crippen LogP contribution in [0.2, 0.25) is 5.28 Å². The van der Waals surface area contributed by atoms with Crippen molar-refractivity contribution in [2.24, 2.45) is 0 Å². The Hall–Kier alpha value is -2.87. The van der Waals surface area contributed by atoms with Crippen LogP contribution in [0, 0.1) is 0 Å². The lowest BCUT2D eigenvalue weighted by Crippen LogP contribution is -2.57. The van der Waals surface area contributed by atoms with Crippen LogP contribution in [0.3, 0.4) is 0 Å². The molecule has 2 saturated heterocycles. The molecule has 2 aromatic heterocycles. The van der Waals surface area contributed by atoms with Crippen molar-refractivity contribution in [2.75, 3.05) is 18.0 Å². The van der Waals surface area contributed by atoms with E-state index < -0.39 is 5.60 Å². The molecule has 0 saturated carbocycles. The summed E-state index contributed by atoms with van der Waals surface area (Å²) in [4.78, 5) is 30.4. The summed E-state index contributed by atoms with van der Waals surface area (Å²) in [6.45, 7) is 7.01. The van der Waals surface area contributed by atoms with Gasteiger partial charge >= 0.3 is 6.09 Å². The minimum absolute atomic E-state index is 0.0774. The van der Waals surface area contributed by atoms with E-state index in [0.29, 0.717) is 30.1 Å². The van der Waals surface area contributed by atoms with Crippen molar-refractivity contribution in [3.05, 3.63) is 41.9 Å². The molecule has 3 aromatic rings. The van der Waals surface area contributed by atoms with E-state index in [-0.39, 0.29) is 23.5 Å². The Morgan fingerprint density at radius 1 is 1.10 bits per heavy atom. The van der Waals surface area contributed by atoms with Gasteiger partial charge in [0.05, 0.1) is 12.1 Å². The van der Waals surface area contributed by atoms with Crippen molar-refractivity contribution in [3.63, 3.8) is 0 Å². The van der Waals surface area contributed by atoms with Gasteiger partial charge in [-0.25, -0.2) is 9.78 Å². The van der Waals surface area contributed by atoms with E-state index in [1.54, 1.807) is 6.33 Å². The van der Waals surface area contributed by atoms with Crippen LogP contribution in [0.15, 0.2) is 36.7 Å². The summed E-state index contributed by atoms with van der Waals surface area (Å²) in [6.07, 6.45) is 3.40. The summed E-state index contributed by atoms with van der Waals surface area (Å²) in [6, 6.07) is 10.1. The topological polar surface area (TPSA) is 76.4 Å². The van der Waals surface area contributed by atoms with Crippen LogP contribution < -0.4 is 4.90 Å². The number of nitrogens with zero attached hydrogens (tertiary/aromatic N) is 6. The molecule has 2 aliphatic heterocycles. The molecule has 2 bridgehead atoms. The van der Waals surface area contributed by atoms with Gasteiger partial charge in [0, 0.05) is 18.8 Å². The predicted molar refractivity (Wildman–Crippen MR) is 119 cm³/mol. The molecule has 0 aliphatic carbocycles. The van der Waals surface area contributed by atoms with Gasteiger partial charge in [-0.2, -0.15) is 9.97 Å². The summed E-state index contributed by atoms with van der Waals surface area (Å²) < 4.78 is 7.56. The normalized spacial score (nSPS) is 21.0. The number of halogens is 1. The van der Waals surface area contributed by atoms with Crippen molar-refractivity contribution in [1.29, 1.82) is 0 Å². The molecular weight excluding hydrogens is 416 g/mol. The first-order valence-corrected chi connectivity index (χ1v) is 10.9. The molecule has 4 heterocycles. The zero-order valence-corrected chi connectivity index (χ0v) is 18.6. The molecule has 0 spiro atoms. The number of hydrogen-bond donors (Lipinski definition) is 0. The van der Waals surface area contributed by atoms with Crippen molar-refractivity contribution >= 4 is 34.7 Å². The second-order valence-corrected chi connectivity index (χ2v) is 9.45. The third-order valence-corrected chi connectivity index (χ3v) is 5.94. The molecule has 2 fully saturated rings. The van der Waals surface area contributed by atoms with Crippen LogP contribution in [0.1, 0.15) is 33.6 Å². The second kappa shape index (κ2) is 7.37. The molecule has 2 aliphatic rings. The van der Waals surface area contributed by atoms with Gasteiger partial charge in [0.25, 0.3) is 0 Å². The third kappa shape index (κ3) is 3.69. The average molecular weight is 441 g/mol. The van der Waals surface area contributed by atoms with E-state index in [9.17, 15) is 4.79 Å². The summed E-state index contributed by atoms with van der Waals surface area (Å²) in [5.74, 6) is 0.713. The Bertz CT molecular complexity index is 1110. The van der Waals surface area contributed by atoms with E-state index in [1.165, 1.54) is 0 Å². The minimum atomic E-state index is -0.510. The number of piperazine rings is 1. The fourth-order valence-electron chi connectivity index (χ4n) is 4.55. The largest absolute Gasteiger partial charge is 0.444 e. The van der Waals surface area contributed by atoms with Gasteiger partial charge in [-0.05, 0) is 57.3 Å². The molecule has 1 amide bonds. The highest BCUT2D eigenvalue weighted by Gasteiger charge is 2.45. The number of rotatable bonds is 2. The Labute approximate surface area is 185 Å². The monoisotopic (exact) mass is 440 g/mol. The Kier molecular flexibility index (Phi) is 4.77. The lowest BCUT2D eigenvalue weighted by Gasteiger charge is -2.41. The number of ether oxygens (including phenoxy) is 1. The molecule has 9 heteroatoms. The molecule has 2 unspecified atom stereocenters. The molecule has 162 valence electrons. The molecule has 8 nitrogen and oxygen atoms in total. The number of benzene rings is 1. The van der Waals surface area contributed by atoms with Crippen LogP contribution in [-0.2, 0) is 4.74 Å². The lowest BCUT2D eigenvalue weighted by atomic mass is 10.2. The van der Waals surface area contributed by atoms with Gasteiger partial charge in [0.15, 0.2) is 17.0 Å². The standard InChI is InChI=1S/C22H25ClN6O2/c1-22(2,3)31-21(30)29-15-9-10-16(29)12-27(11-15)18-17-19(26-20(23)25-18)28(13-24-17)14-7-5-4-6-8-14/h4-8,13,15-16H,9-12H2,1-3H3. The third-order valence-electron chi connectivity index (χ3n) is 5.77. The smallest absolute Gasteiger partial charge is 0.410 e. The first-order valence-electron chi connectivity index (χ1n) is 10.5. The van der Waals surface area contributed by atoms with E-state index in [0.717, 1.165) is 18.5 Å². The summed E-state index contributed by atoms with van der Waals surface area (Å²) >= 11 is 6.33. The quantitative estimate of drug-likeness (QED) is 0.559. The van der Waals surface area contributed by atoms with E-state index in [2.05, 4.69) is 19.9 Å². The van der Waals surface area contributed by atoms with E-state index >= 15 is 0 Å². The summed E-state index contributed by atoms with van der Waals surface area (Å²) in [7, 11) is 0. The van der Waals surface area contributed by atoms with E-state index in [1.807, 2.05) is 60.6 Å². The maximum atomic E-state index is 12.8. The van der Waals surface area contributed by atoms with Crippen LogP contribution >= 0.6 is 11.6 Å². The maximum absolute atomic E-state index is 12.8. The molecule has 5 rings (SSSR count). The molecule has 31 heavy (non-hydrogen) atoms. The highest BCUT2D eigenvalue weighted by molar-refractivity contribution is 6.28. The number of hydrogen-bond acceptors (Lipinski definition) is 6. The van der Waals surface area contributed by atoms with Gasteiger partial charge in [-0.1, -0.05) is 18.2 Å². The van der Waals surface area contributed by atoms with Crippen molar-refractivity contribution < 1.29 is 9.53 Å². The predicted octanol–water partition coefficient (Wildman–Crippen LogP) is 4.06. The molecule has 0 radical (unpaired) electrons. The second-order valence-electron chi connectivity index (χ2n) is 9.12. The number of anilines is 1. The number of amides is 1. The highest BCUT2D eigenvalue weighted by Crippen LogP contribution is 2.35. The van der Waals surface area contributed by atoms with Gasteiger partial charge in [0.1, 0.15) is 11.9 Å². The zero-order valence-electron chi connectivity index (χ0n) is 17.8. The fourth-order valence-corrected chi connectivity index (χ4v) is 4.71. The van der Waals surface area contributed by atoms with Crippen LogP contribution in [-0.4, -0.2) is 61.3 Å². The molecule has 1 aromatic carbocycles. The van der Waals surface area contributed by atoms with Crippen LogP contribution in [0.5, 0.6) is 0 Å². The number of imidazole rings is 1. The minimum Gasteiger partial charge on any atom is -0.444 e. The molecular formula is C22H25ClN6O2. The fraction of sp³-hybridized carbons (Fsp3) is 0.455. The highest BCUT2D eigenvalue weighted by atomic mass is 35.5. The Morgan fingerprint density at radius 2 is 1.77 bits per heavy atom. The lowest BCUT2D eigenvalue weighted by molar-refractivity contribution is 0.0123. The van der Waals surface area contributed by atoms with Gasteiger partial charge in [0.2, 0.25) is 5.28 Å². The van der Waals surface area contributed by atoms with Crippen LogP contribution in [0.4, 0.5) is 10.6 Å². The Balaban J connectivity index is 1.46. The van der Waals surface area contributed by atoms with Crippen LogP contribution in [0.25, 0.3) is 16.9 Å². The molecule has 2 atom stereocenters. The number of aromatic nitrogens is 4. The first-order chi connectivity index (χ1) is 14.8. The van der Waals surface area contributed by atoms with Gasteiger partial charge < -0.3 is 9.64 Å². The SMILES string of the molecule is CC(C)(C)OC(=O)N1C2CCC1CN(c1nc(Cl)nc3c1ncn3-c1ccccc1)C2. The Morgan fingerprint density at radius 3 is 2.42 bits per heavy atom. The maximum Gasteiger partial charge on any atom is 0.410 e. The average Bonchev–Trinajstić information content (AvgIpc) is 3.25. The number of para-hydroxylation sites is 1. The first kappa shape index (κ1) is 20.1. The summed E-state index contributed by atoms with van der Waals surface area (Å²) in [5, 5.41) is 0.182. The summed E-state index contributed by atoms with van der Waals surface area (Å²) in [5.41, 5.74) is 1.83. The van der Waals surface area contributed by atoms with E-state index in [4.69, 9.17) is 16.3 Å². The number of fused-ring (bicyclic) bond motifs is 3. The van der Waals surface area contributed by atoms with Crippen molar-refractivity contribution in [1.82, 2.24) is 24.4 Å². The zero-order chi connectivity index (χ0) is 21.8. The van der Waals surface area contributed by atoms with Gasteiger partial charge in [-0.3, -0.25) is 9.47 Å².